The topological polar surface area (TPSA) is 66.5 Å². The molecule has 0 amide bonds. The lowest BCUT2D eigenvalue weighted by molar-refractivity contribution is -0.111. The lowest BCUT2D eigenvalue weighted by Crippen LogP contribution is -2.17. The molecule has 5 heteroatoms. The Bertz CT molecular complexity index is 934. The molecule has 1 aromatic heterocycles. The quantitative estimate of drug-likeness (QED) is 0.258. The first-order valence-electron chi connectivity index (χ1n) is 9.33. The summed E-state index contributed by atoms with van der Waals surface area (Å²) < 4.78 is 5.76. The Morgan fingerprint density at radius 3 is 2.69 bits per heavy atom. The number of aromatic amines is 1. The number of ether oxygens (including phenoxy) is 1. The van der Waals surface area contributed by atoms with Gasteiger partial charge in [-0.3, -0.25) is 4.79 Å². The van der Waals surface area contributed by atoms with E-state index in [0.29, 0.717) is 30.1 Å². The van der Waals surface area contributed by atoms with Gasteiger partial charge in [0.2, 0.25) is 0 Å². The summed E-state index contributed by atoms with van der Waals surface area (Å²) >= 11 is 0. The Labute approximate surface area is 172 Å². The van der Waals surface area contributed by atoms with Crippen LogP contribution in [0.15, 0.2) is 96.3 Å². The average Bonchev–Trinajstić information content (AvgIpc) is 3.20. The Morgan fingerprint density at radius 1 is 1.28 bits per heavy atom. The molecule has 0 bridgehead atoms. The number of hydrogen-bond donors (Lipinski definition) is 2. The molecule has 2 aromatic rings. The number of hydrogen-bond acceptors (Lipinski definition) is 4. The number of carbonyl (C=O) groups excluding carboxylic acids is 1. The van der Waals surface area contributed by atoms with Gasteiger partial charge in [0.25, 0.3) is 0 Å². The van der Waals surface area contributed by atoms with Crippen molar-refractivity contribution >= 4 is 11.5 Å². The van der Waals surface area contributed by atoms with Gasteiger partial charge in [-0.15, -0.1) is 0 Å². The monoisotopic (exact) mass is 389 g/mol. The fraction of sp³-hybridized carbons (Fsp3) is 0.167. The van der Waals surface area contributed by atoms with E-state index in [1.54, 1.807) is 37.5 Å². The third-order valence-electron chi connectivity index (χ3n) is 4.07. The number of nitrogens with zero attached hydrogens (tertiary/aromatic N) is 1. The molecule has 0 radical (unpaired) electrons. The van der Waals surface area contributed by atoms with Crippen molar-refractivity contribution in [3.8, 4) is 0 Å². The van der Waals surface area contributed by atoms with E-state index in [9.17, 15) is 4.79 Å². The van der Waals surface area contributed by atoms with Crippen LogP contribution in [0.1, 0.15) is 23.7 Å². The number of ketones is 1. The maximum atomic E-state index is 12.8. The summed E-state index contributed by atoms with van der Waals surface area (Å²) in [5.74, 6) is -0.208. The average molecular weight is 389 g/mol. The molecule has 0 fully saturated rings. The van der Waals surface area contributed by atoms with E-state index in [2.05, 4.69) is 28.7 Å². The normalized spacial score (nSPS) is 12.2. The molecule has 0 atom stereocenters. The number of allylic oxidation sites excluding steroid dienone is 6. The third-order valence-corrected chi connectivity index (χ3v) is 4.07. The number of Topliss-reactive ketones (excluding diaryl/α,β-unsaturated/α-hetero) is 1. The van der Waals surface area contributed by atoms with E-state index in [0.717, 1.165) is 16.8 Å². The SMILES string of the molecule is C=C/C=C(\C=C/C)C(=O)C(=C)/C(=N\NC)c1c[nH]c(COCc2ccccc2)c1. The van der Waals surface area contributed by atoms with E-state index >= 15 is 0 Å². The maximum absolute atomic E-state index is 12.8. The summed E-state index contributed by atoms with van der Waals surface area (Å²) in [7, 11) is 1.68. The summed E-state index contributed by atoms with van der Waals surface area (Å²) in [4.78, 5) is 16.0. The van der Waals surface area contributed by atoms with Gasteiger partial charge < -0.3 is 15.1 Å². The van der Waals surface area contributed by atoms with Crippen molar-refractivity contribution < 1.29 is 9.53 Å². The molecule has 29 heavy (non-hydrogen) atoms. The molecule has 0 unspecified atom stereocenters. The third kappa shape index (κ3) is 6.30. The van der Waals surface area contributed by atoms with Crippen molar-refractivity contribution in [1.82, 2.24) is 10.4 Å². The molecule has 0 aliphatic heterocycles. The predicted molar refractivity (Wildman–Crippen MR) is 119 cm³/mol. The second kappa shape index (κ2) is 11.4. The van der Waals surface area contributed by atoms with Crippen LogP contribution < -0.4 is 5.43 Å². The fourth-order valence-electron chi connectivity index (χ4n) is 2.73. The highest BCUT2D eigenvalue weighted by molar-refractivity contribution is 6.32. The first-order valence-corrected chi connectivity index (χ1v) is 9.33. The van der Waals surface area contributed by atoms with Crippen molar-refractivity contribution in [2.24, 2.45) is 5.10 Å². The molecule has 0 aliphatic rings. The smallest absolute Gasteiger partial charge is 0.194 e. The van der Waals surface area contributed by atoms with Crippen LogP contribution in [0.4, 0.5) is 0 Å². The zero-order valence-corrected chi connectivity index (χ0v) is 16.9. The van der Waals surface area contributed by atoms with Crippen LogP contribution in [0.2, 0.25) is 0 Å². The Kier molecular flexibility index (Phi) is 8.60. The van der Waals surface area contributed by atoms with Gasteiger partial charge in [-0.2, -0.15) is 5.10 Å². The van der Waals surface area contributed by atoms with Crippen LogP contribution >= 0.6 is 0 Å². The van der Waals surface area contributed by atoms with Crippen LogP contribution in [0.5, 0.6) is 0 Å². The van der Waals surface area contributed by atoms with E-state index in [-0.39, 0.29) is 5.78 Å². The lowest BCUT2D eigenvalue weighted by Gasteiger charge is -2.08. The summed E-state index contributed by atoms with van der Waals surface area (Å²) in [6.07, 6.45) is 8.56. The Balaban J connectivity index is 2.12. The van der Waals surface area contributed by atoms with Crippen LogP contribution in [0.25, 0.3) is 0 Å². The van der Waals surface area contributed by atoms with Crippen LogP contribution in [-0.2, 0) is 22.7 Å². The number of hydrazone groups is 1. The number of H-pyrrole nitrogens is 1. The van der Waals surface area contributed by atoms with Crippen molar-refractivity contribution in [2.75, 3.05) is 7.05 Å². The summed E-state index contributed by atoms with van der Waals surface area (Å²) in [6, 6.07) is 11.9. The Hall–Kier alpha value is -3.44. The maximum Gasteiger partial charge on any atom is 0.194 e. The van der Waals surface area contributed by atoms with Gasteiger partial charge in [-0.05, 0) is 18.6 Å². The van der Waals surface area contributed by atoms with Gasteiger partial charge >= 0.3 is 0 Å². The number of carbonyl (C=O) groups is 1. The highest BCUT2D eigenvalue weighted by Gasteiger charge is 2.19. The van der Waals surface area contributed by atoms with Crippen molar-refractivity contribution in [1.29, 1.82) is 0 Å². The summed E-state index contributed by atoms with van der Waals surface area (Å²) in [5.41, 5.74) is 6.77. The molecule has 1 aromatic carbocycles. The molecule has 2 rings (SSSR count). The van der Waals surface area contributed by atoms with E-state index in [4.69, 9.17) is 4.74 Å². The van der Waals surface area contributed by atoms with E-state index in [1.165, 1.54) is 0 Å². The zero-order chi connectivity index (χ0) is 21.1. The van der Waals surface area contributed by atoms with Gasteiger partial charge in [-0.25, -0.2) is 0 Å². The molecule has 0 aliphatic carbocycles. The zero-order valence-electron chi connectivity index (χ0n) is 16.9. The molecule has 1 heterocycles. The molecular weight excluding hydrogens is 362 g/mol. The number of benzene rings is 1. The van der Waals surface area contributed by atoms with Crippen LogP contribution in [0.3, 0.4) is 0 Å². The molecule has 5 nitrogen and oxygen atoms in total. The predicted octanol–water partition coefficient (Wildman–Crippen LogP) is 4.47. The van der Waals surface area contributed by atoms with Crippen LogP contribution in [-0.4, -0.2) is 23.5 Å². The minimum absolute atomic E-state index is 0.208. The fourth-order valence-corrected chi connectivity index (χ4v) is 2.73. The van der Waals surface area contributed by atoms with Crippen molar-refractivity contribution in [2.45, 2.75) is 20.1 Å². The van der Waals surface area contributed by atoms with E-state index in [1.807, 2.05) is 43.3 Å². The van der Waals surface area contributed by atoms with Gasteiger partial charge in [-0.1, -0.05) is 67.8 Å². The van der Waals surface area contributed by atoms with Gasteiger partial charge in [0, 0.05) is 35.6 Å². The number of nitrogens with one attached hydrogen (secondary N) is 2. The van der Waals surface area contributed by atoms with Crippen LogP contribution in [0, 0.1) is 0 Å². The Morgan fingerprint density at radius 2 is 2.03 bits per heavy atom. The summed E-state index contributed by atoms with van der Waals surface area (Å²) in [6.45, 7) is 10.4. The molecule has 150 valence electrons. The second-order valence-electron chi connectivity index (χ2n) is 6.24. The molecule has 2 N–H and O–H groups in total. The lowest BCUT2D eigenvalue weighted by atomic mass is 9.97. The van der Waals surface area contributed by atoms with Gasteiger partial charge in [0.15, 0.2) is 5.78 Å². The second-order valence-corrected chi connectivity index (χ2v) is 6.24. The standard InChI is InChI=1S/C24H27N3O2/c1-5-10-20(11-6-2)24(28)18(3)23(27-25-4)21-14-22(26-15-21)17-29-16-19-12-8-7-9-13-19/h5-15,25-26H,1,3,16-17H2,2,4H3/b11-6-,20-10+,27-23+. The van der Waals surface area contributed by atoms with Crippen molar-refractivity contribution in [3.05, 3.63) is 108 Å². The largest absolute Gasteiger partial charge is 0.371 e. The first kappa shape index (κ1) is 21.9. The molecule has 0 saturated carbocycles. The first-order chi connectivity index (χ1) is 14.1. The minimum Gasteiger partial charge on any atom is -0.371 e. The van der Waals surface area contributed by atoms with Gasteiger partial charge in [0.1, 0.15) is 5.71 Å². The highest BCUT2D eigenvalue weighted by Crippen LogP contribution is 2.16. The molecule has 0 spiro atoms. The number of aromatic nitrogens is 1. The molecule has 0 saturated heterocycles. The molecular formula is C24H27N3O2. The summed E-state index contributed by atoms with van der Waals surface area (Å²) in [5, 5.41) is 4.27. The minimum atomic E-state index is -0.208. The number of rotatable bonds is 11. The highest BCUT2D eigenvalue weighted by atomic mass is 16.5. The van der Waals surface area contributed by atoms with Gasteiger partial charge in [0.05, 0.1) is 13.2 Å². The van der Waals surface area contributed by atoms with E-state index < -0.39 is 0 Å². The van der Waals surface area contributed by atoms with Crippen molar-refractivity contribution in [3.63, 3.8) is 0 Å².